The Labute approximate surface area is 219 Å². The summed E-state index contributed by atoms with van der Waals surface area (Å²) in [6.45, 7) is 2.61. The van der Waals surface area contributed by atoms with Crippen molar-refractivity contribution in [3.05, 3.63) is 41.5 Å². The number of aliphatic hydroxyl groups excluding tert-OH is 3. The van der Waals surface area contributed by atoms with E-state index in [-0.39, 0.29) is 17.9 Å². The Morgan fingerprint density at radius 3 is 2.61 bits per heavy atom. The molecule has 3 heterocycles. The van der Waals surface area contributed by atoms with Gasteiger partial charge in [0.25, 0.3) is 0 Å². The van der Waals surface area contributed by atoms with Gasteiger partial charge in [0.1, 0.15) is 35.9 Å². The second-order valence-electron chi connectivity index (χ2n) is 9.46. The number of nitrogens with zero attached hydrogens (tertiary/aromatic N) is 1. The average molecular weight is 538 g/mol. The number of hydrogen-bond donors (Lipinski definition) is 5. The predicted molar refractivity (Wildman–Crippen MR) is 136 cm³/mol. The smallest absolute Gasteiger partial charge is 0.240 e. The van der Waals surface area contributed by atoms with E-state index in [0.717, 1.165) is 11.1 Å². The van der Waals surface area contributed by atoms with Crippen LogP contribution in [0.1, 0.15) is 24.5 Å². The molecule has 5 unspecified atom stereocenters. The Kier molecular flexibility index (Phi) is 8.96. The molecule has 2 fully saturated rings. The first-order chi connectivity index (χ1) is 17.2. The number of hydrogen-bond acceptors (Lipinski definition) is 9. The standard InChI is InChI=1S/C25H32ClN3O6S/c1-12(26)17(23-20(31)19(30)21(32)25(35-23)36-2)29-24(33)18-22-16(11-28-18)9-15(7-8-34-22)14-5-3-13(10-27)4-6-14/h3-7,12,16-23,25,28,30-32H,8-9,11H2,1-2H3,(H,29,33)/t12-,16-,17+,18-,19?,20?,21?,22+,23?,25?/m0/s1. The average Bonchev–Trinajstić information content (AvgIpc) is 3.16. The number of carbonyl (C=O) groups is 1. The van der Waals surface area contributed by atoms with E-state index < -0.39 is 47.3 Å². The zero-order chi connectivity index (χ0) is 26.0. The third-order valence-corrected chi connectivity index (χ3v) is 8.28. The minimum Gasteiger partial charge on any atom is -0.388 e. The summed E-state index contributed by atoms with van der Waals surface area (Å²) in [5.41, 5.74) is 1.96. The van der Waals surface area contributed by atoms with Gasteiger partial charge in [-0.15, -0.1) is 23.4 Å². The summed E-state index contributed by atoms with van der Waals surface area (Å²) in [6, 6.07) is 8.10. The maximum atomic E-state index is 13.4. The van der Waals surface area contributed by atoms with Crippen LogP contribution < -0.4 is 10.6 Å². The first kappa shape index (κ1) is 27.4. The summed E-state index contributed by atoms with van der Waals surface area (Å²) in [5.74, 6) is -0.273. The number of carbonyl (C=O) groups excluding carboxylic acids is 1. The van der Waals surface area contributed by atoms with E-state index in [4.69, 9.17) is 26.3 Å². The fourth-order valence-electron chi connectivity index (χ4n) is 5.14. The van der Waals surface area contributed by atoms with Gasteiger partial charge in [0.05, 0.1) is 35.8 Å². The Balaban J connectivity index is 1.44. The fraction of sp³-hybridized carbons (Fsp3) is 0.600. The minimum atomic E-state index is -1.43. The Morgan fingerprint density at radius 2 is 1.97 bits per heavy atom. The Morgan fingerprint density at radius 1 is 1.25 bits per heavy atom. The van der Waals surface area contributed by atoms with Crippen molar-refractivity contribution in [2.45, 2.75) is 66.8 Å². The van der Waals surface area contributed by atoms with Crippen molar-refractivity contribution >= 4 is 34.8 Å². The molecule has 1 aromatic carbocycles. The first-order valence-corrected chi connectivity index (χ1v) is 13.7. The molecule has 11 heteroatoms. The molecule has 10 atom stereocenters. The molecule has 2 saturated heterocycles. The number of aliphatic hydroxyl groups is 3. The summed E-state index contributed by atoms with van der Waals surface area (Å²) in [6.07, 6.45) is -1.04. The van der Waals surface area contributed by atoms with E-state index in [1.165, 1.54) is 11.8 Å². The summed E-state index contributed by atoms with van der Waals surface area (Å²) >= 11 is 7.60. The second-order valence-corrected chi connectivity index (χ2v) is 11.1. The van der Waals surface area contributed by atoms with Gasteiger partial charge in [0.2, 0.25) is 5.91 Å². The molecular weight excluding hydrogens is 506 g/mol. The molecule has 0 bridgehead atoms. The van der Waals surface area contributed by atoms with Crippen molar-refractivity contribution < 1.29 is 29.6 Å². The monoisotopic (exact) mass is 537 g/mol. The molecule has 0 aromatic heterocycles. The molecule has 0 spiro atoms. The van der Waals surface area contributed by atoms with Crippen molar-refractivity contribution in [1.82, 2.24) is 10.6 Å². The van der Waals surface area contributed by atoms with Gasteiger partial charge in [-0.2, -0.15) is 5.26 Å². The number of thioether (sulfide) groups is 1. The molecule has 3 aliphatic heterocycles. The Bertz CT molecular complexity index is 1000. The number of fused-ring (bicyclic) bond motifs is 1. The third kappa shape index (κ3) is 5.59. The van der Waals surface area contributed by atoms with E-state index in [1.807, 2.05) is 18.2 Å². The quantitative estimate of drug-likeness (QED) is 0.329. The molecule has 9 nitrogen and oxygen atoms in total. The number of nitriles is 1. The molecule has 196 valence electrons. The lowest BCUT2D eigenvalue weighted by atomic mass is 9.90. The van der Waals surface area contributed by atoms with E-state index in [9.17, 15) is 20.1 Å². The molecule has 36 heavy (non-hydrogen) atoms. The number of amides is 1. The van der Waals surface area contributed by atoms with Crippen LogP contribution in [-0.4, -0.2) is 94.1 Å². The van der Waals surface area contributed by atoms with Crippen molar-refractivity contribution in [1.29, 1.82) is 5.26 Å². The zero-order valence-electron chi connectivity index (χ0n) is 20.1. The maximum Gasteiger partial charge on any atom is 0.240 e. The topological polar surface area (TPSA) is 144 Å². The van der Waals surface area contributed by atoms with Crippen molar-refractivity contribution in [2.75, 3.05) is 19.4 Å². The molecule has 0 aliphatic carbocycles. The predicted octanol–water partition coefficient (Wildman–Crippen LogP) is 0.601. The number of ether oxygens (including phenoxy) is 2. The minimum absolute atomic E-state index is 0.0615. The lowest BCUT2D eigenvalue weighted by Crippen LogP contribution is -2.65. The van der Waals surface area contributed by atoms with Crippen LogP contribution >= 0.6 is 23.4 Å². The van der Waals surface area contributed by atoms with Crippen molar-refractivity contribution in [2.24, 2.45) is 5.92 Å². The highest BCUT2D eigenvalue weighted by molar-refractivity contribution is 7.99. The van der Waals surface area contributed by atoms with Crippen LogP contribution in [0.2, 0.25) is 0 Å². The summed E-state index contributed by atoms with van der Waals surface area (Å²) in [5, 5.41) is 45.7. The summed E-state index contributed by atoms with van der Waals surface area (Å²) in [4.78, 5) is 13.4. The zero-order valence-corrected chi connectivity index (χ0v) is 21.7. The SMILES string of the molecule is CSC1OC([C@H](NC(=O)[C@H]2NC[C@@H]3CC(c4ccc(C#N)cc4)=CCO[C@H]32)[C@H](C)Cl)C(O)C(O)C1O. The Hall–Kier alpha value is -1.68. The fourth-order valence-corrected chi connectivity index (χ4v) is 6.03. The molecule has 1 amide bonds. The number of alkyl halides is 1. The van der Waals surface area contributed by atoms with Crippen LogP contribution in [-0.2, 0) is 14.3 Å². The lowest BCUT2D eigenvalue weighted by Gasteiger charge is -2.44. The van der Waals surface area contributed by atoms with Crippen LogP contribution in [0.5, 0.6) is 0 Å². The van der Waals surface area contributed by atoms with Gasteiger partial charge in [-0.1, -0.05) is 18.2 Å². The van der Waals surface area contributed by atoms with Gasteiger partial charge >= 0.3 is 0 Å². The van der Waals surface area contributed by atoms with E-state index in [1.54, 1.807) is 25.3 Å². The highest BCUT2D eigenvalue weighted by Crippen LogP contribution is 2.34. The highest BCUT2D eigenvalue weighted by atomic mass is 35.5. The molecule has 3 aliphatic rings. The number of rotatable bonds is 6. The number of allylic oxidation sites excluding steroid dienone is 1. The molecular formula is C25H32ClN3O6S. The highest BCUT2D eigenvalue weighted by Gasteiger charge is 2.49. The normalized spacial score (nSPS) is 36.1. The van der Waals surface area contributed by atoms with E-state index in [0.29, 0.717) is 25.1 Å². The van der Waals surface area contributed by atoms with Gasteiger partial charge in [-0.05, 0) is 42.9 Å². The summed E-state index contributed by atoms with van der Waals surface area (Å²) in [7, 11) is 0. The largest absolute Gasteiger partial charge is 0.388 e. The number of benzene rings is 1. The molecule has 1 aromatic rings. The van der Waals surface area contributed by atoms with Crippen molar-refractivity contribution in [3.8, 4) is 6.07 Å². The maximum absolute atomic E-state index is 13.4. The molecule has 0 radical (unpaired) electrons. The van der Waals surface area contributed by atoms with Crippen LogP contribution in [0.25, 0.3) is 5.57 Å². The van der Waals surface area contributed by atoms with Crippen LogP contribution in [0.4, 0.5) is 0 Å². The van der Waals surface area contributed by atoms with E-state index in [2.05, 4.69) is 16.7 Å². The van der Waals surface area contributed by atoms with Crippen LogP contribution in [0.15, 0.2) is 30.3 Å². The van der Waals surface area contributed by atoms with Crippen LogP contribution in [0, 0.1) is 17.2 Å². The van der Waals surface area contributed by atoms with Gasteiger partial charge < -0.3 is 35.4 Å². The summed E-state index contributed by atoms with van der Waals surface area (Å²) < 4.78 is 11.9. The van der Waals surface area contributed by atoms with Gasteiger partial charge in [0.15, 0.2) is 0 Å². The van der Waals surface area contributed by atoms with Gasteiger partial charge in [0, 0.05) is 12.5 Å². The first-order valence-electron chi connectivity index (χ1n) is 12.0. The van der Waals surface area contributed by atoms with Gasteiger partial charge in [-0.3, -0.25) is 4.79 Å². The second kappa shape index (κ2) is 11.8. The molecule has 4 rings (SSSR count). The molecule has 5 N–H and O–H groups in total. The number of nitrogens with one attached hydrogen (secondary N) is 2. The van der Waals surface area contributed by atoms with E-state index >= 15 is 0 Å². The lowest BCUT2D eigenvalue weighted by molar-refractivity contribution is -0.205. The van der Waals surface area contributed by atoms with Crippen LogP contribution in [0.3, 0.4) is 0 Å². The van der Waals surface area contributed by atoms with Crippen molar-refractivity contribution in [3.63, 3.8) is 0 Å². The number of halogens is 1. The molecule has 0 saturated carbocycles. The van der Waals surface area contributed by atoms with Gasteiger partial charge in [-0.25, -0.2) is 0 Å². The third-order valence-electron chi connectivity index (χ3n) is 7.16.